The number of ether oxygens (including phenoxy) is 2. The number of sulfonamides is 1. The molecule has 1 aliphatic rings. The minimum absolute atomic E-state index is 0.0713. The molecule has 19 heteroatoms. The van der Waals surface area contributed by atoms with Crippen LogP contribution in [0.15, 0.2) is 76.5 Å². The van der Waals surface area contributed by atoms with Gasteiger partial charge in [-0.05, 0) is 57.9 Å². The summed E-state index contributed by atoms with van der Waals surface area (Å²) >= 11 is 3.36. The van der Waals surface area contributed by atoms with Gasteiger partial charge in [-0.3, -0.25) is 9.78 Å². The summed E-state index contributed by atoms with van der Waals surface area (Å²) < 4.78 is 112. The first-order valence-electron chi connectivity index (χ1n) is 13.1. The molecule has 5 rings (SSSR count). The average molecular weight is 735 g/mol. The van der Waals surface area contributed by atoms with Gasteiger partial charge >= 0.3 is 12.7 Å². The Balaban J connectivity index is 1.40. The summed E-state index contributed by atoms with van der Waals surface area (Å²) in [5.41, 5.74) is 1.35. The third-order valence-corrected chi connectivity index (χ3v) is 9.15. The fraction of sp³-hybridized carbons (Fsp3) is 0.259. The molecule has 1 fully saturated rings. The summed E-state index contributed by atoms with van der Waals surface area (Å²) in [4.78, 5) is 27.8. The van der Waals surface area contributed by atoms with E-state index in [0.29, 0.717) is 26.9 Å². The van der Waals surface area contributed by atoms with Gasteiger partial charge < -0.3 is 19.7 Å². The first-order chi connectivity index (χ1) is 21.6. The normalized spacial score (nSPS) is 16.3. The number of carbonyl (C=O) groups is 1. The molecule has 1 aliphatic heterocycles. The zero-order valence-electron chi connectivity index (χ0n) is 23.1. The fourth-order valence-electron chi connectivity index (χ4n) is 4.59. The first kappa shape index (κ1) is 33.1. The maximum atomic E-state index is 13.7. The standard InChI is InChI=1S/C27H21BrF6N6O5S/c28-20-12-35-13-21-24(20)38-23(14-36-21)39-9-10-40(46(42,43)19-7-5-18(6-8-19)45-27(32,33)34)22(15-39)25(41)37-11-16-1-3-17(4-2-16)44-26(29,30)31/h1-8,12-14,22H,9-11,15H2,(H,37,41)/t22-/m1/s1. The highest BCUT2D eigenvalue weighted by atomic mass is 79.9. The van der Waals surface area contributed by atoms with Crippen LogP contribution < -0.4 is 19.7 Å². The topological polar surface area (TPSA) is 127 Å². The van der Waals surface area contributed by atoms with Crippen LogP contribution in [0.3, 0.4) is 0 Å². The van der Waals surface area contributed by atoms with Gasteiger partial charge in [0.25, 0.3) is 0 Å². The van der Waals surface area contributed by atoms with Crippen molar-refractivity contribution in [2.75, 3.05) is 24.5 Å². The second-order valence-corrected chi connectivity index (χ2v) is 12.5. The number of pyridine rings is 1. The molecule has 3 heterocycles. The largest absolute Gasteiger partial charge is 0.573 e. The van der Waals surface area contributed by atoms with Crippen LogP contribution in [0.1, 0.15) is 5.56 Å². The lowest BCUT2D eigenvalue weighted by Crippen LogP contribution is -2.60. The van der Waals surface area contributed by atoms with Crippen molar-refractivity contribution in [1.82, 2.24) is 24.6 Å². The van der Waals surface area contributed by atoms with E-state index in [2.05, 4.69) is 45.7 Å². The van der Waals surface area contributed by atoms with E-state index in [9.17, 15) is 39.6 Å². The Morgan fingerprint density at radius 1 is 0.913 bits per heavy atom. The Labute approximate surface area is 265 Å². The molecule has 4 aromatic rings. The highest BCUT2D eigenvalue weighted by Gasteiger charge is 2.41. The molecule has 2 aromatic carbocycles. The lowest BCUT2D eigenvalue weighted by Gasteiger charge is -2.40. The average Bonchev–Trinajstić information content (AvgIpc) is 2.99. The van der Waals surface area contributed by atoms with E-state index in [1.165, 1.54) is 30.7 Å². The van der Waals surface area contributed by atoms with Gasteiger partial charge in [0.15, 0.2) is 0 Å². The monoisotopic (exact) mass is 734 g/mol. The molecule has 0 bridgehead atoms. The molecule has 1 atom stereocenters. The Morgan fingerprint density at radius 3 is 2.13 bits per heavy atom. The van der Waals surface area contributed by atoms with Gasteiger partial charge in [0.05, 0.1) is 21.8 Å². The van der Waals surface area contributed by atoms with Gasteiger partial charge in [0.2, 0.25) is 15.9 Å². The van der Waals surface area contributed by atoms with Crippen LogP contribution in [-0.2, 0) is 21.4 Å². The first-order valence-corrected chi connectivity index (χ1v) is 15.3. The van der Waals surface area contributed by atoms with Crippen molar-refractivity contribution in [3.8, 4) is 11.5 Å². The Kier molecular flexibility index (Phi) is 9.28. The minimum Gasteiger partial charge on any atom is -0.406 e. The van der Waals surface area contributed by atoms with Crippen molar-refractivity contribution in [3.63, 3.8) is 0 Å². The maximum Gasteiger partial charge on any atom is 0.573 e. The van der Waals surface area contributed by atoms with Gasteiger partial charge in [-0.1, -0.05) is 12.1 Å². The number of amides is 1. The third kappa shape index (κ3) is 7.94. The molecule has 1 amide bonds. The molecule has 0 radical (unpaired) electrons. The van der Waals surface area contributed by atoms with Crippen molar-refractivity contribution in [3.05, 3.63) is 77.2 Å². The van der Waals surface area contributed by atoms with Crippen LogP contribution in [0.5, 0.6) is 11.5 Å². The Bertz CT molecular complexity index is 1830. The van der Waals surface area contributed by atoms with E-state index in [1.54, 1.807) is 4.90 Å². The molecule has 0 unspecified atom stereocenters. The number of hydrogen-bond donors (Lipinski definition) is 1. The lowest BCUT2D eigenvalue weighted by atomic mass is 10.1. The summed E-state index contributed by atoms with van der Waals surface area (Å²) in [7, 11) is -4.44. The van der Waals surface area contributed by atoms with Gasteiger partial charge in [-0.2, -0.15) is 4.31 Å². The van der Waals surface area contributed by atoms with Crippen LogP contribution in [-0.4, -0.2) is 72.0 Å². The molecular formula is C27H21BrF6N6O5S. The van der Waals surface area contributed by atoms with Crippen molar-refractivity contribution < 1.29 is 49.0 Å². The van der Waals surface area contributed by atoms with Crippen molar-refractivity contribution >= 4 is 48.7 Å². The van der Waals surface area contributed by atoms with Crippen molar-refractivity contribution in [1.29, 1.82) is 0 Å². The van der Waals surface area contributed by atoms with Crippen LogP contribution in [0.4, 0.5) is 32.2 Å². The highest BCUT2D eigenvalue weighted by molar-refractivity contribution is 9.10. The molecule has 0 saturated carbocycles. The summed E-state index contributed by atoms with van der Waals surface area (Å²) in [5, 5.41) is 2.60. The SMILES string of the molecule is O=C(NCc1ccc(OC(F)(F)F)cc1)[C@H]1CN(c2cnc3cncc(Br)c3n2)CCN1S(=O)(=O)c1ccc(OC(F)(F)F)cc1. The number of anilines is 1. The van der Waals surface area contributed by atoms with Gasteiger partial charge in [0, 0.05) is 32.4 Å². The van der Waals surface area contributed by atoms with E-state index >= 15 is 0 Å². The number of nitrogens with zero attached hydrogens (tertiary/aromatic N) is 5. The van der Waals surface area contributed by atoms with E-state index in [0.717, 1.165) is 40.7 Å². The maximum absolute atomic E-state index is 13.7. The van der Waals surface area contributed by atoms with Gasteiger partial charge in [-0.25, -0.2) is 18.4 Å². The number of fused-ring (bicyclic) bond motifs is 1. The molecule has 46 heavy (non-hydrogen) atoms. The third-order valence-electron chi connectivity index (χ3n) is 6.64. The summed E-state index contributed by atoms with van der Waals surface area (Å²) in [6.07, 6.45) is -5.40. The van der Waals surface area contributed by atoms with E-state index < -0.39 is 46.2 Å². The predicted molar refractivity (Wildman–Crippen MR) is 153 cm³/mol. The minimum atomic E-state index is -4.98. The Hall–Kier alpha value is -4.23. The summed E-state index contributed by atoms with van der Waals surface area (Å²) in [5.74, 6) is -1.51. The molecule has 1 saturated heterocycles. The molecule has 0 spiro atoms. The second kappa shape index (κ2) is 12.9. The number of aromatic nitrogens is 3. The predicted octanol–water partition coefficient (Wildman–Crippen LogP) is 4.78. The number of benzene rings is 2. The molecule has 244 valence electrons. The molecular weight excluding hydrogens is 714 g/mol. The van der Waals surface area contributed by atoms with Crippen LogP contribution in [0.25, 0.3) is 11.0 Å². The number of carbonyl (C=O) groups excluding carboxylic acids is 1. The van der Waals surface area contributed by atoms with Crippen LogP contribution >= 0.6 is 15.9 Å². The van der Waals surface area contributed by atoms with E-state index in [-0.39, 0.29) is 31.1 Å². The number of alkyl halides is 6. The molecule has 2 aromatic heterocycles. The van der Waals surface area contributed by atoms with Crippen LogP contribution in [0, 0.1) is 0 Å². The van der Waals surface area contributed by atoms with E-state index in [4.69, 9.17) is 0 Å². The zero-order valence-corrected chi connectivity index (χ0v) is 25.5. The lowest BCUT2D eigenvalue weighted by molar-refractivity contribution is -0.275. The number of halogens is 7. The van der Waals surface area contributed by atoms with Crippen LogP contribution in [0.2, 0.25) is 0 Å². The Morgan fingerprint density at radius 2 is 1.52 bits per heavy atom. The van der Waals surface area contributed by atoms with Gasteiger partial charge in [0.1, 0.15) is 34.4 Å². The second-order valence-electron chi connectivity index (χ2n) is 9.72. The summed E-state index contributed by atoms with van der Waals surface area (Å²) in [6, 6.07) is 6.90. The van der Waals surface area contributed by atoms with Crippen molar-refractivity contribution in [2.45, 2.75) is 30.2 Å². The number of rotatable bonds is 8. The highest BCUT2D eigenvalue weighted by Crippen LogP contribution is 2.29. The zero-order chi connectivity index (χ0) is 33.3. The fourth-order valence-corrected chi connectivity index (χ4v) is 6.57. The smallest absolute Gasteiger partial charge is 0.406 e. The molecule has 0 aliphatic carbocycles. The molecule has 11 nitrogen and oxygen atoms in total. The summed E-state index contributed by atoms with van der Waals surface area (Å²) in [6.45, 7) is -0.514. The molecule has 1 N–H and O–H groups in total. The van der Waals surface area contributed by atoms with Crippen molar-refractivity contribution in [2.24, 2.45) is 0 Å². The number of nitrogens with one attached hydrogen (secondary N) is 1. The number of hydrogen-bond acceptors (Lipinski definition) is 9. The number of piperazine rings is 1. The quantitative estimate of drug-likeness (QED) is 0.255. The van der Waals surface area contributed by atoms with Gasteiger partial charge in [-0.15, -0.1) is 26.3 Å². The van der Waals surface area contributed by atoms with E-state index in [1.807, 2.05) is 0 Å².